The molecule has 0 radical (unpaired) electrons. The van der Waals surface area contributed by atoms with Crippen molar-refractivity contribution in [1.29, 1.82) is 0 Å². The van der Waals surface area contributed by atoms with Crippen molar-refractivity contribution in [1.82, 2.24) is 9.97 Å². The lowest BCUT2D eigenvalue weighted by Crippen LogP contribution is -2.20. The molecule has 0 bridgehead atoms. The Kier molecular flexibility index (Phi) is 3.12. The highest BCUT2D eigenvalue weighted by molar-refractivity contribution is 5.86. The van der Waals surface area contributed by atoms with Crippen LogP contribution in [0.3, 0.4) is 0 Å². The molecule has 3 heterocycles. The van der Waals surface area contributed by atoms with Gasteiger partial charge in [-0.2, -0.15) is 0 Å². The van der Waals surface area contributed by atoms with Crippen molar-refractivity contribution < 1.29 is 4.74 Å². The van der Waals surface area contributed by atoms with Crippen molar-refractivity contribution in [3.05, 3.63) is 47.8 Å². The summed E-state index contributed by atoms with van der Waals surface area (Å²) in [4.78, 5) is 9.95. The second-order valence-corrected chi connectivity index (χ2v) is 5.85. The minimum Gasteiger partial charge on any atom is -0.375 e. The Hall–Kier alpha value is -2.33. The minimum atomic E-state index is 0.673. The van der Waals surface area contributed by atoms with Crippen LogP contribution in [-0.4, -0.2) is 30.2 Å². The molecular weight excluding hydrogens is 274 g/mol. The van der Waals surface area contributed by atoms with E-state index < -0.39 is 0 Å². The molecule has 1 aliphatic heterocycles. The van der Waals surface area contributed by atoms with Gasteiger partial charge in [0.25, 0.3) is 0 Å². The normalized spacial score (nSPS) is 14.9. The number of rotatable bonds is 1. The van der Waals surface area contributed by atoms with Gasteiger partial charge < -0.3 is 14.6 Å². The molecule has 22 heavy (non-hydrogen) atoms. The maximum atomic E-state index is 5.71. The Bertz CT molecular complexity index is 837. The number of pyridine rings is 1. The van der Waals surface area contributed by atoms with Crippen LogP contribution < -0.4 is 4.90 Å². The monoisotopic (exact) mass is 293 g/mol. The van der Waals surface area contributed by atoms with Gasteiger partial charge in [0.2, 0.25) is 0 Å². The zero-order valence-corrected chi connectivity index (χ0v) is 12.9. The highest BCUT2D eigenvalue weighted by atomic mass is 16.5. The number of hydrogen-bond donors (Lipinski definition) is 1. The van der Waals surface area contributed by atoms with E-state index in [4.69, 9.17) is 4.74 Å². The summed E-state index contributed by atoms with van der Waals surface area (Å²) in [5.74, 6) is 0. The molecule has 1 aliphatic rings. The number of aromatic nitrogens is 2. The van der Waals surface area contributed by atoms with Crippen molar-refractivity contribution in [3.63, 3.8) is 0 Å². The first-order chi connectivity index (χ1) is 10.7. The van der Waals surface area contributed by atoms with Crippen LogP contribution in [0.4, 0.5) is 5.69 Å². The molecule has 0 saturated heterocycles. The fraction of sp³-hybridized carbons (Fsp3) is 0.278. The molecule has 3 aromatic rings. The van der Waals surface area contributed by atoms with Gasteiger partial charge >= 0.3 is 0 Å². The van der Waals surface area contributed by atoms with E-state index >= 15 is 0 Å². The van der Waals surface area contributed by atoms with E-state index in [2.05, 4.69) is 53.1 Å². The summed E-state index contributed by atoms with van der Waals surface area (Å²) < 4.78 is 5.71. The number of hydrogen-bond acceptors (Lipinski definition) is 3. The van der Waals surface area contributed by atoms with Crippen molar-refractivity contribution in [2.24, 2.45) is 0 Å². The van der Waals surface area contributed by atoms with Gasteiger partial charge in [-0.3, -0.25) is 0 Å². The highest BCUT2D eigenvalue weighted by Crippen LogP contribution is 2.32. The Morgan fingerprint density at radius 3 is 3.09 bits per heavy atom. The van der Waals surface area contributed by atoms with E-state index in [-0.39, 0.29) is 0 Å². The van der Waals surface area contributed by atoms with Crippen LogP contribution in [-0.2, 0) is 11.3 Å². The Labute approximate surface area is 129 Å². The van der Waals surface area contributed by atoms with Gasteiger partial charge in [0, 0.05) is 48.2 Å². The number of aromatic amines is 1. The smallest absolute Gasteiger partial charge is 0.137 e. The number of H-pyrrole nitrogens is 1. The molecule has 0 fully saturated rings. The second kappa shape index (κ2) is 5.14. The van der Waals surface area contributed by atoms with E-state index in [1.807, 2.05) is 12.4 Å². The van der Waals surface area contributed by atoms with Gasteiger partial charge in [0.15, 0.2) is 0 Å². The first kappa shape index (κ1) is 13.3. The van der Waals surface area contributed by atoms with Crippen molar-refractivity contribution in [2.75, 3.05) is 25.1 Å². The number of anilines is 1. The molecule has 0 spiro atoms. The molecule has 2 aromatic heterocycles. The molecule has 4 nitrogen and oxygen atoms in total. The summed E-state index contributed by atoms with van der Waals surface area (Å²) in [7, 11) is 2.12. The third kappa shape index (κ3) is 2.07. The van der Waals surface area contributed by atoms with E-state index in [0.29, 0.717) is 6.61 Å². The lowest BCUT2D eigenvalue weighted by Gasteiger charge is -2.19. The van der Waals surface area contributed by atoms with Crippen LogP contribution in [0.5, 0.6) is 0 Å². The second-order valence-electron chi connectivity index (χ2n) is 5.85. The average molecular weight is 293 g/mol. The van der Waals surface area contributed by atoms with Crippen molar-refractivity contribution in [3.8, 4) is 11.1 Å². The molecule has 4 rings (SSSR count). The quantitative estimate of drug-likeness (QED) is 0.746. The first-order valence-electron chi connectivity index (χ1n) is 7.59. The molecule has 4 heteroatoms. The molecule has 0 unspecified atom stereocenters. The average Bonchev–Trinajstić information content (AvgIpc) is 2.93. The van der Waals surface area contributed by atoms with Gasteiger partial charge in [0.1, 0.15) is 5.65 Å². The van der Waals surface area contributed by atoms with Crippen molar-refractivity contribution in [2.45, 2.75) is 13.5 Å². The first-order valence-corrected chi connectivity index (χ1v) is 7.59. The molecule has 1 aromatic carbocycles. The number of nitrogens with zero attached hydrogens (tertiary/aromatic N) is 2. The largest absolute Gasteiger partial charge is 0.375 e. The number of ether oxygens (including phenoxy) is 1. The predicted molar refractivity (Wildman–Crippen MR) is 89.2 cm³/mol. The molecule has 0 saturated carbocycles. The SMILES string of the molecule is Cc1c(-c2ccc3c(c2)COCCN3C)cnc2[nH]ccc12. The topological polar surface area (TPSA) is 41.1 Å². The number of fused-ring (bicyclic) bond motifs is 2. The van der Waals surface area contributed by atoms with Gasteiger partial charge in [-0.05, 0) is 36.2 Å². The summed E-state index contributed by atoms with van der Waals surface area (Å²) in [5, 5.41) is 1.18. The number of benzene rings is 1. The van der Waals surface area contributed by atoms with E-state index in [1.54, 1.807) is 0 Å². The minimum absolute atomic E-state index is 0.673. The summed E-state index contributed by atoms with van der Waals surface area (Å²) in [5.41, 5.74) is 7.08. The van der Waals surface area contributed by atoms with E-state index in [1.165, 1.54) is 33.3 Å². The van der Waals surface area contributed by atoms with Crippen molar-refractivity contribution >= 4 is 16.7 Å². The van der Waals surface area contributed by atoms with Gasteiger partial charge in [0.05, 0.1) is 13.2 Å². The van der Waals surface area contributed by atoms with E-state index in [9.17, 15) is 0 Å². The lowest BCUT2D eigenvalue weighted by atomic mass is 9.98. The lowest BCUT2D eigenvalue weighted by molar-refractivity contribution is 0.133. The fourth-order valence-corrected chi connectivity index (χ4v) is 3.18. The summed E-state index contributed by atoms with van der Waals surface area (Å²) in [6.07, 6.45) is 3.89. The summed E-state index contributed by atoms with van der Waals surface area (Å²) >= 11 is 0. The molecular formula is C18H19N3O. The Morgan fingerprint density at radius 2 is 2.18 bits per heavy atom. The molecule has 0 atom stereocenters. The van der Waals surface area contributed by atoms with Crippen LogP contribution in [0, 0.1) is 6.92 Å². The third-order valence-corrected chi connectivity index (χ3v) is 4.49. The zero-order chi connectivity index (χ0) is 15.1. The molecule has 0 amide bonds. The molecule has 0 aliphatic carbocycles. The highest BCUT2D eigenvalue weighted by Gasteiger charge is 2.15. The van der Waals surface area contributed by atoms with Crippen LogP contribution in [0.2, 0.25) is 0 Å². The maximum absolute atomic E-state index is 5.71. The number of likely N-dealkylation sites (N-methyl/N-ethyl adjacent to an activating group) is 1. The summed E-state index contributed by atoms with van der Waals surface area (Å²) in [6.45, 7) is 4.53. The van der Waals surface area contributed by atoms with Gasteiger partial charge in [-0.1, -0.05) is 6.07 Å². The standard InChI is InChI=1S/C18H19N3O/c1-12-15-5-6-19-18(15)20-10-16(12)13-3-4-17-14(9-13)11-22-8-7-21(17)2/h3-6,9-10H,7-8,11H2,1-2H3,(H,19,20). The predicted octanol–water partition coefficient (Wildman–Crippen LogP) is 3.50. The van der Waals surface area contributed by atoms with Crippen LogP contribution in [0.1, 0.15) is 11.1 Å². The van der Waals surface area contributed by atoms with Crippen LogP contribution in [0.15, 0.2) is 36.7 Å². The Balaban J connectivity index is 1.85. The fourth-order valence-electron chi connectivity index (χ4n) is 3.18. The zero-order valence-electron chi connectivity index (χ0n) is 12.9. The molecule has 112 valence electrons. The number of nitrogens with one attached hydrogen (secondary N) is 1. The molecule has 1 N–H and O–H groups in total. The third-order valence-electron chi connectivity index (χ3n) is 4.49. The Morgan fingerprint density at radius 1 is 1.27 bits per heavy atom. The maximum Gasteiger partial charge on any atom is 0.137 e. The van der Waals surface area contributed by atoms with Gasteiger partial charge in [-0.15, -0.1) is 0 Å². The van der Waals surface area contributed by atoms with Crippen LogP contribution in [0.25, 0.3) is 22.2 Å². The van der Waals surface area contributed by atoms with E-state index in [0.717, 1.165) is 18.8 Å². The van der Waals surface area contributed by atoms with Gasteiger partial charge in [-0.25, -0.2) is 4.98 Å². The number of aryl methyl sites for hydroxylation is 1. The van der Waals surface area contributed by atoms with Crippen LogP contribution >= 0.6 is 0 Å². The summed E-state index contributed by atoms with van der Waals surface area (Å²) in [6, 6.07) is 8.70.